The minimum Gasteiger partial charge on any atom is -0.467 e. The quantitative estimate of drug-likeness (QED) is 0.322. The van der Waals surface area contributed by atoms with Crippen molar-refractivity contribution < 1.29 is 48.3 Å². The molecular formula is C29H34O10. The molecule has 1 fully saturated rings. The first-order valence-electron chi connectivity index (χ1n) is 12.9. The molecule has 4 rings (SSSR count). The predicted octanol–water partition coefficient (Wildman–Crippen LogP) is 2.59. The normalized spacial score (nSPS) is 25.0. The van der Waals surface area contributed by atoms with Gasteiger partial charge in [0.25, 0.3) is 0 Å². The summed E-state index contributed by atoms with van der Waals surface area (Å²) in [5.41, 5.74) is -1.47. The molecule has 2 aliphatic heterocycles. The molecule has 10 nitrogen and oxygen atoms in total. The van der Waals surface area contributed by atoms with Crippen molar-refractivity contribution in [2.75, 3.05) is 19.8 Å². The molecule has 10 heteroatoms. The molecule has 5 atom stereocenters. The van der Waals surface area contributed by atoms with Gasteiger partial charge >= 0.3 is 17.9 Å². The van der Waals surface area contributed by atoms with Crippen LogP contribution in [0.2, 0.25) is 0 Å². The molecule has 0 radical (unpaired) electrons. The van der Waals surface area contributed by atoms with Gasteiger partial charge in [-0.15, -0.1) is 0 Å². The van der Waals surface area contributed by atoms with E-state index in [4.69, 9.17) is 23.7 Å². The Kier molecular flexibility index (Phi) is 8.29. The molecule has 0 amide bonds. The van der Waals surface area contributed by atoms with E-state index >= 15 is 0 Å². The maximum atomic E-state index is 13.9. The van der Waals surface area contributed by atoms with Crippen molar-refractivity contribution >= 4 is 28.7 Å². The van der Waals surface area contributed by atoms with Crippen LogP contribution in [0, 0.1) is 17.8 Å². The number of carbonyl (C=O) groups excluding carboxylic acids is 3. The minimum atomic E-state index is -2.14. The Balaban J connectivity index is 1.69. The van der Waals surface area contributed by atoms with Gasteiger partial charge in [-0.05, 0) is 40.3 Å². The van der Waals surface area contributed by atoms with Gasteiger partial charge in [-0.25, -0.2) is 14.4 Å². The molecule has 0 aromatic heterocycles. The maximum absolute atomic E-state index is 13.9. The molecule has 1 saturated heterocycles. The lowest BCUT2D eigenvalue weighted by molar-refractivity contribution is -0.395. The second-order valence-electron chi connectivity index (χ2n) is 10.6. The first-order valence-corrected chi connectivity index (χ1v) is 12.9. The van der Waals surface area contributed by atoms with Gasteiger partial charge < -0.3 is 33.9 Å². The van der Waals surface area contributed by atoms with Crippen molar-refractivity contribution in [3.8, 4) is 0 Å². The largest absolute Gasteiger partial charge is 0.467 e. The number of carbonyl (C=O) groups is 3. The zero-order valence-corrected chi connectivity index (χ0v) is 22.4. The Labute approximate surface area is 226 Å². The fraction of sp³-hybridized carbons (Fsp3) is 0.483. The average Bonchev–Trinajstić information content (AvgIpc) is 3.25. The van der Waals surface area contributed by atoms with Gasteiger partial charge in [0.2, 0.25) is 17.5 Å². The van der Waals surface area contributed by atoms with E-state index in [1.165, 1.54) is 6.26 Å². The van der Waals surface area contributed by atoms with E-state index in [1.807, 2.05) is 24.3 Å². The standard InChI is InChI=1S/C29H34O10/c1-17(2)14-35-25(32)23(31)24(26(33)36-15-18(3)4)38-27(34)29(22-11-12-37-28(22,16-30)39-29)21-10-9-19-7-5-6-8-20(19)13-21/h5-13,17-18,22-24,30-31H,14-16H2,1-4H3/t22-,23+,24+,28-,29-/m0/s1. The van der Waals surface area contributed by atoms with E-state index in [0.29, 0.717) is 5.56 Å². The van der Waals surface area contributed by atoms with Crippen molar-refractivity contribution in [3.05, 3.63) is 60.4 Å². The fourth-order valence-corrected chi connectivity index (χ4v) is 4.61. The molecule has 0 aliphatic carbocycles. The van der Waals surface area contributed by atoms with Crippen molar-refractivity contribution in [1.29, 1.82) is 0 Å². The van der Waals surface area contributed by atoms with Gasteiger partial charge in [0.15, 0.2) is 6.10 Å². The third-order valence-electron chi connectivity index (χ3n) is 6.60. The summed E-state index contributed by atoms with van der Waals surface area (Å²) in [6.45, 7) is 6.63. The Morgan fingerprint density at radius 1 is 0.949 bits per heavy atom. The number of fused-ring (bicyclic) bond motifs is 2. The number of hydrogen-bond acceptors (Lipinski definition) is 10. The Morgan fingerprint density at radius 3 is 2.23 bits per heavy atom. The van der Waals surface area contributed by atoms with E-state index in [9.17, 15) is 24.6 Å². The highest BCUT2D eigenvalue weighted by atomic mass is 16.8. The van der Waals surface area contributed by atoms with Crippen LogP contribution in [0.15, 0.2) is 54.8 Å². The molecule has 0 spiro atoms. The first kappa shape index (κ1) is 28.5. The lowest BCUT2D eigenvalue weighted by Crippen LogP contribution is -2.70. The van der Waals surface area contributed by atoms with E-state index < -0.39 is 54.0 Å². The third-order valence-corrected chi connectivity index (χ3v) is 6.60. The molecule has 2 aromatic rings. The zero-order valence-electron chi connectivity index (χ0n) is 22.4. The van der Waals surface area contributed by atoms with Gasteiger partial charge in [-0.2, -0.15) is 0 Å². The zero-order chi connectivity index (χ0) is 28.4. The second-order valence-corrected chi connectivity index (χ2v) is 10.6. The summed E-state index contributed by atoms with van der Waals surface area (Å²) in [6, 6.07) is 12.7. The highest BCUT2D eigenvalue weighted by molar-refractivity contribution is 5.92. The molecule has 0 saturated carbocycles. The fourth-order valence-electron chi connectivity index (χ4n) is 4.61. The summed E-state index contributed by atoms with van der Waals surface area (Å²) in [5.74, 6) is -5.75. The number of ether oxygens (including phenoxy) is 5. The van der Waals surface area contributed by atoms with E-state index in [2.05, 4.69) is 0 Å². The minimum absolute atomic E-state index is 0.00896. The number of aliphatic hydroxyl groups is 2. The van der Waals surface area contributed by atoms with E-state index in [0.717, 1.165) is 10.8 Å². The van der Waals surface area contributed by atoms with Crippen molar-refractivity contribution in [2.45, 2.75) is 51.3 Å². The van der Waals surface area contributed by atoms with Crippen LogP contribution in [-0.2, 0) is 43.7 Å². The monoisotopic (exact) mass is 542 g/mol. The Hall–Kier alpha value is -3.47. The number of esters is 3. The van der Waals surface area contributed by atoms with E-state index in [1.54, 1.807) is 52.0 Å². The summed E-state index contributed by atoms with van der Waals surface area (Å²) >= 11 is 0. The Morgan fingerprint density at radius 2 is 1.59 bits per heavy atom. The van der Waals surface area contributed by atoms with Crippen LogP contribution in [0.25, 0.3) is 10.8 Å². The van der Waals surface area contributed by atoms with Gasteiger partial charge in [-0.1, -0.05) is 64.1 Å². The van der Waals surface area contributed by atoms with Crippen LogP contribution < -0.4 is 0 Å². The second kappa shape index (κ2) is 11.3. The molecular weight excluding hydrogens is 508 g/mol. The van der Waals surface area contributed by atoms with E-state index in [-0.39, 0.29) is 25.0 Å². The third kappa shape index (κ3) is 5.36. The summed E-state index contributed by atoms with van der Waals surface area (Å²) in [5, 5.41) is 22.5. The predicted molar refractivity (Wildman–Crippen MR) is 138 cm³/mol. The van der Waals surface area contributed by atoms with Crippen molar-refractivity contribution in [1.82, 2.24) is 0 Å². The summed E-state index contributed by atoms with van der Waals surface area (Å²) in [6.07, 6.45) is -1.27. The molecule has 2 aliphatic rings. The molecule has 0 unspecified atom stereocenters. The smallest absolute Gasteiger partial charge is 0.350 e. The van der Waals surface area contributed by atoms with Crippen molar-refractivity contribution in [3.63, 3.8) is 0 Å². The summed E-state index contributed by atoms with van der Waals surface area (Å²) in [4.78, 5) is 39.5. The van der Waals surface area contributed by atoms with Crippen LogP contribution in [0.3, 0.4) is 0 Å². The van der Waals surface area contributed by atoms with Crippen LogP contribution in [-0.4, -0.2) is 65.9 Å². The van der Waals surface area contributed by atoms with Gasteiger partial charge in [0.05, 0.1) is 25.4 Å². The Bertz CT molecular complexity index is 1250. The van der Waals surface area contributed by atoms with Crippen LogP contribution in [0.4, 0.5) is 0 Å². The summed E-state index contributed by atoms with van der Waals surface area (Å²) in [7, 11) is 0. The molecule has 210 valence electrons. The van der Waals surface area contributed by atoms with Gasteiger partial charge in [-0.3, -0.25) is 0 Å². The number of aliphatic hydroxyl groups excluding tert-OH is 2. The number of benzene rings is 2. The number of hydrogen-bond donors (Lipinski definition) is 2. The molecule has 39 heavy (non-hydrogen) atoms. The lowest BCUT2D eigenvalue weighted by Gasteiger charge is -2.55. The average molecular weight is 543 g/mol. The lowest BCUT2D eigenvalue weighted by atomic mass is 9.70. The highest BCUT2D eigenvalue weighted by Crippen LogP contribution is 2.58. The molecule has 2 heterocycles. The molecule has 0 bridgehead atoms. The van der Waals surface area contributed by atoms with Crippen molar-refractivity contribution in [2.24, 2.45) is 17.8 Å². The maximum Gasteiger partial charge on any atom is 0.350 e. The molecule has 2 aromatic carbocycles. The van der Waals surface area contributed by atoms with Gasteiger partial charge in [0, 0.05) is 0 Å². The molecule has 2 N–H and O–H groups in total. The van der Waals surface area contributed by atoms with Crippen LogP contribution in [0.5, 0.6) is 0 Å². The highest BCUT2D eigenvalue weighted by Gasteiger charge is 2.73. The number of rotatable bonds is 11. The van der Waals surface area contributed by atoms with Crippen LogP contribution >= 0.6 is 0 Å². The first-order chi connectivity index (χ1) is 18.5. The summed E-state index contributed by atoms with van der Waals surface area (Å²) < 4.78 is 27.4. The van der Waals surface area contributed by atoms with Gasteiger partial charge in [0.1, 0.15) is 6.61 Å². The topological polar surface area (TPSA) is 138 Å². The SMILES string of the molecule is CC(C)COC(=O)[C@H](O)[C@@H](OC(=O)[C@@]1(c2ccc3ccccc3c2)O[C@]2(CO)OC=C[C@@H]21)C(=O)OCC(C)C. The van der Waals surface area contributed by atoms with Crippen LogP contribution in [0.1, 0.15) is 33.3 Å².